The van der Waals surface area contributed by atoms with Gasteiger partial charge in [0.2, 0.25) is 0 Å². The number of benzene rings is 2. The van der Waals surface area contributed by atoms with Crippen molar-refractivity contribution in [1.29, 1.82) is 0 Å². The van der Waals surface area contributed by atoms with Gasteiger partial charge in [-0.1, -0.05) is 48.5 Å². The van der Waals surface area contributed by atoms with E-state index in [2.05, 4.69) is 0 Å². The summed E-state index contributed by atoms with van der Waals surface area (Å²) in [6.45, 7) is 2.29. The Morgan fingerprint density at radius 1 is 1.04 bits per heavy atom. The van der Waals surface area contributed by atoms with E-state index in [4.69, 9.17) is 9.47 Å². The number of hydrogen-bond donors (Lipinski definition) is 0. The van der Waals surface area contributed by atoms with E-state index in [-0.39, 0.29) is 24.3 Å². The molecule has 0 spiro atoms. The molecule has 5 nitrogen and oxygen atoms in total. The number of ether oxygens (including phenoxy) is 2. The zero-order valence-corrected chi connectivity index (χ0v) is 16.6. The number of rotatable bonds is 7. The van der Waals surface area contributed by atoms with Crippen LogP contribution in [0.5, 0.6) is 11.5 Å². The van der Waals surface area contributed by atoms with E-state index in [1.807, 2.05) is 55.5 Å². The fourth-order valence-electron chi connectivity index (χ4n) is 2.74. The van der Waals surface area contributed by atoms with Gasteiger partial charge in [-0.2, -0.15) is 0 Å². The van der Waals surface area contributed by atoms with Crippen LogP contribution in [-0.2, 0) is 4.79 Å². The van der Waals surface area contributed by atoms with E-state index in [1.165, 1.54) is 4.90 Å². The monoisotopic (exact) mass is 395 g/mol. The summed E-state index contributed by atoms with van der Waals surface area (Å²) < 4.78 is 10.9. The molecule has 0 aliphatic carbocycles. The van der Waals surface area contributed by atoms with Gasteiger partial charge in [-0.15, -0.1) is 0 Å². The van der Waals surface area contributed by atoms with Crippen molar-refractivity contribution in [3.05, 3.63) is 76.7 Å². The molecule has 1 fully saturated rings. The Balaban J connectivity index is 1.62. The number of carbonyl (C=O) groups excluding carboxylic acids is 2. The number of allylic oxidation sites excluding steroid dienone is 2. The molecule has 3 rings (SSSR count). The first-order valence-corrected chi connectivity index (χ1v) is 9.64. The molecule has 2 aromatic rings. The van der Waals surface area contributed by atoms with Crippen molar-refractivity contribution in [1.82, 2.24) is 4.90 Å². The van der Waals surface area contributed by atoms with Gasteiger partial charge >= 0.3 is 0 Å². The minimum absolute atomic E-state index is 0.182. The van der Waals surface area contributed by atoms with Crippen LogP contribution in [0.1, 0.15) is 12.5 Å². The lowest BCUT2D eigenvalue weighted by atomic mass is 10.1. The van der Waals surface area contributed by atoms with Crippen molar-refractivity contribution in [2.45, 2.75) is 6.92 Å². The number of carbonyl (C=O) groups is 2. The zero-order valence-electron chi connectivity index (χ0n) is 15.8. The molecule has 0 unspecified atom stereocenters. The van der Waals surface area contributed by atoms with Crippen LogP contribution in [0.4, 0.5) is 4.79 Å². The Kier molecular flexibility index (Phi) is 6.55. The van der Waals surface area contributed by atoms with Gasteiger partial charge in [0.05, 0.1) is 18.6 Å². The van der Waals surface area contributed by atoms with Gasteiger partial charge in [0.25, 0.3) is 11.1 Å². The molecule has 0 aromatic heterocycles. The first-order chi connectivity index (χ1) is 13.6. The van der Waals surface area contributed by atoms with Crippen LogP contribution in [0.25, 0.3) is 6.08 Å². The molecule has 6 heteroatoms. The van der Waals surface area contributed by atoms with Crippen molar-refractivity contribution < 1.29 is 19.1 Å². The Labute approximate surface area is 168 Å². The Morgan fingerprint density at radius 2 is 1.71 bits per heavy atom. The SMILES string of the molecule is COc1ccccc1OCCN1C(=O)S/C(=C\C(C)=C\c2ccccc2)C1=O. The predicted octanol–water partition coefficient (Wildman–Crippen LogP) is 4.76. The Morgan fingerprint density at radius 3 is 2.43 bits per heavy atom. The second-order valence-corrected chi connectivity index (χ2v) is 7.12. The molecule has 1 aliphatic heterocycles. The highest BCUT2D eigenvalue weighted by Gasteiger charge is 2.34. The van der Waals surface area contributed by atoms with Crippen LogP contribution in [0.2, 0.25) is 0 Å². The first-order valence-electron chi connectivity index (χ1n) is 8.83. The molecule has 0 saturated carbocycles. The molecule has 2 aromatic carbocycles. The molecule has 1 heterocycles. The van der Waals surface area contributed by atoms with Crippen molar-refractivity contribution in [3.8, 4) is 11.5 Å². The maximum absolute atomic E-state index is 12.6. The maximum atomic E-state index is 12.6. The van der Waals surface area contributed by atoms with Crippen molar-refractivity contribution in [2.75, 3.05) is 20.3 Å². The maximum Gasteiger partial charge on any atom is 0.293 e. The van der Waals surface area contributed by atoms with Crippen LogP contribution < -0.4 is 9.47 Å². The highest BCUT2D eigenvalue weighted by Crippen LogP contribution is 2.32. The van der Waals surface area contributed by atoms with E-state index in [0.29, 0.717) is 16.4 Å². The van der Waals surface area contributed by atoms with Crippen LogP contribution in [0.3, 0.4) is 0 Å². The molecular weight excluding hydrogens is 374 g/mol. The second-order valence-electron chi connectivity index (χ2n) is 6.13. The number of thioether (sulfide) groups is 1. The van der Waals surface area contributed by atoms with E-state index >= 15 is 0 Å². The molecule has 1 aliphatic rings. The standard InChI is InChI=1S/C22H21NO4S/c1-16(14-17-8-4-3-5-9-17)15-20-21(24)23(22(25)28-20)12-13-27-19-11-7-6-10-18(19)26-2/h3-11,14-15H,12-13H2,1-2H3/b16-14+,20-15-. The number of para-hydroxylation sites is 2. The molecular formula is C22H21NO4S. The zero-order chi connectivity index (χ0) is 19.9. The third kappa shape index (κ3) is 4.84. The molecule has 0 bridgehead atoms. The molecule has 0 N–H and O–H groups in total. The van der Waals surface area contributed by atoms with Crippen LogP contribution in [-0.4, -0.2) is 36.3 Å². The Hall–Kier alpha value is -2.99. The lowest BCUT2D eigenvalue weighted by Gasteiger charge is -2.14. The minimum atomic E-state index is -0.292. The first kappa shape index (κ1) is 19.8. The largest absolute Gasteiger partial charge is 0.493 e. The van der Waals surface area contributed by atoms with Gasteiger partial charge in [-0.3, -0.25) is 14.5 Å². The van der Waals surface area contributed by atoms with E-state index in [1.54, 1.807) is 25.3 Å². The molecule has 28 heavy (non-hydrogen) atoms. The number of nitrogens with zero attached hydrogens (tertiary/aromatic N) is 1. The van der Waals surface area contributed by atoms with Crippen LogP contribution >= 0.6 is 11.8 Å². The number of hydrogen-bond acceptors (Lipinski definition) is 5. The van der Waals surface area contributed by atoms with Gasteiger partial charge in [0.15, 0.2) is 11.5 Å². The van der Waals surface area contributed by atoms with Crippen molar-refractivity contribution >= 4 is 29.0 Å². The number of imide groups is 1. The van der Waals surface area contributed by atoms with Gasteiger partial charge in [-0.25, -0.2) is 0 Å². The molecule has 144 valence electrons. The number of methoxy groups -OCH3 is 1. The molecule has 0 atom stereocenters. The van der Waals surface area contributed by atoms with E-state index in [0.717, 1.165) is 22.9 Å². The lowest BCUT2D eigenvalue weighted by molar-refractivity contribution is -0.123. The van der Waals surface area contributed by atoms with Crippen LogP contribution in [0, 0.1) is 0 Å². The average Bonchev–Trinajstić information content (AvgIpc) is 2.96. The normalized spacial score (nSPS) is 16.0. The van der Waals surface area contributed by atoms with Gasteiger partial charge in [0.1, 0.15) is 6.61 Å². The van der Waals surface area contributed by atoms with Gasteiger partial charge < -0.3 is 9.47 Å². The quantitative estimate of drug-likeness (QED) is 0.633. The molecule has 0 radical (unpaired) electrons. The Bertz CT molecular complexity index is 921. The van der Waals surface area contributed by atoms with Crippen molar-refractivity contribution in [2.24, 2.45) is 0 Å². The highest BCUT2D eigenvalue weighted by atomic mass is 32.2. The fraction of sp³-hybridized carbons (Fsp3) is 0.182. The topological polar surface area (TPSA) is 55.8 Å². The van der Waals surface area contributed by atoms with Crippen LogP contribution in [0.15, 0.2) is 71.2 Å². The summed E-state index contributed by atoms with van der Waals surface area (Å²) in [5.74, 6) is 0.895. The smallest absolute Gasteiger partial charge is 0.293 e. The minimum Gasteiger partial charge on any atom is -0.493 e. The summed E-state index contributed by atoms with van der Waals surface area (Å²) in [6, 6.07) is 17.1. The fourth-order valence-corrected chi connectivity index (χ4v) is 3.65. The van der Waals surface area contributed by atoms with Gasteiger partial charge in [0, 0.05) is 0 Å². The summed E-state index contributed by atoms with van der Waals surface area (Å²) in [4.78, 5) is 26.4. The summed E-state index contributed by atoms with van der Waals surface area (Å²) in [6.07, 6.45) is 3.72. The van der Waals surface area contributed by atoms with Gasteiger partial charge in [-0.05, 0) is 48.0 Å². The molecule has 1 saturated heterocycles. The summed E-state index contributed by atoms with van der Waals surface area (Å²) in [7, 11) is 1.56. The summed E-state index contributed by atoms with van der Waals surface area (Å²) in [5.41, 5.74) is 1.95. The van der Waals surface area contributed by atoms with Crippen molar-refractivity contribution in [3.63, 3.8) is 0 Å². The summed E-state index contributed by atoms with van der Waals surface area (Å²) in [5, 5.41) is -0.285. The van der Waals surface area contributed by atoms with E-state index < -0.39 is 0 Å². The average molecular weight is 395 g/mol. The third-order valence-electron chi connectivity index (χ3n) is 4.07. The highest BCUT2D eigenvalue weighted by molar-refractivity contribution is 8.18. The third-order valence-corrected chi connectivity index (χ3v) is 4.98. The molecule has 2 amide bonds. The predicted molar refractivity (Wildman–Crippen MR) is 111 cm³/mol. The second kappa shape index (κ2) is 9.28. The summed E-state index contributed by atoms with van der Waals surface area (Å²) >= 11 is 0.952. The van der Waals surface area contributed by atoms with E-state index in [9.17, 15) is 9.59 Å². The number of amides is 2. The lowest BCUT2D eigenvalue weighted by Crippen LogP contribution is -2.32.